The van der Waals surface area contributed by atoms with E-state index in [1.165, 1.54) is 16.7 Å². The number of hydrogen-bond donors (Lipinski definition) is 2. The lowest BCUT2D eigenvalue weighted by Crippen LogP contribution is -2.31. The van der Waals surface area contributed by atoms with Gasteiger partial charge in [-0.3, -0.25) is 4.57 Å². The van der Waals surface area contributed by atoms with Crippen LogP contribution in [0.2, 0.25) is 0 Å². The van der Waals surface area contributed by atoms with Crippen LogP contribution in [0.25, 0.3) is 5.69 Å². The monoisotopic (exact) mass is 336 g/mol. The molecule has 2 unspecified atom stereocenters. The molecule has 9 heteroatoms. The van der Waals surface area contributed by atoms with E-state index in [9.17, 15) is 23.1 Å². The molecular formula is C15H11F3N4O2. The molecule has 0 aliphatic carbocycles. The van der Waals surface area contributed by atoms with E-state index in [-0.39, 0.29) is 23.7 Å². The van der Waals surface area contributed by atoms with E-state index in [0.717, 1.165) is 10.6 Å². The van der Waals surface area contributed by atoms with E-state index in [0.29, 0.717) is 24.7 Å². The Balaban J connectivity index is 1.94. The van der Waals surface area contributed by atoms with Gasteiger partial charge in [0, 0.05) is 6.54 Å². The number of halogens is 3. The average molecular weight is 336 g/mol. The van der Waals surface area contributed by atoms with Crippen molar-refractivity contribution in [3.05, 3.63) is 45.5 Å². The lowest BCUT2D eigenvalue weighted by Gasteiger charge is -2.13. The molecule has 0 radical (unpaired) electrons. The van der Waals surface area contributed by atoms with Crippen LogP contribution in [0.15, 0.2) is 23.0 Å². The average Bonchev–Trinajstić information content (AvgIpc) is 3.20. The summed E-state index contributed by atoms with van der Waals surface area (Å²) in [6.07, 6.45) is -4.05. The number of aromatic hydroxyl groups is 1. The molecule has 4 rings (SSSR count). The largest absolute Gasteiger partial charge is 0.493 e. The third-order valence-electron chi connectivity index (χ3n) is 4.59. The van der Waals surface area contributed by atoms with Gasteiger partial charge in [-0.15, -0.1) is 0 Å². The van der Waals surface area contributed by atoms with Crippen molar-refractivity contribution in [2.24, 2.45) is 0 Å². The maximum Gasteiger partial charge on any atom is 0.417 e. The van der Waals surface area contributed by atoms with Crippen molar-refractivity contribution < 1.29 is 18.3 Å². The Morgan fingerprint density at radius 3 is 2.75 bits per heavy atom. The topological polar surface area (TPSA) is 83.0 Å². The maximum atomic E-state index is 13.1. The molecule has 24 heavy (non-hydrogen) atoms. The molecule has 0 spiro atoms. The van der Waals surface area contributed by atoms with Gasteiger partial charge in [0.2, 0.25) is 5.88 Å². The second kappa shape index (κ2) is 4.64. The van der Waals surface area contributed by atoms with E-state index >= 15 is 0 Å². The van der Waals surface area contributed by atoms with Gasteiger partial charge in [0.15, 0.2) is 0 Å². The van der Waals surface area contributed by atoms with Gasteiger partial charge in [0.05, 0.1) is 35.0 Å². The number of benzene rings is 1. The quantitative estimate of drug-likeness (QED) is 0.832. The summed E-state index contributed by atoms with van der Waals surface area (Å²) in [5.41, 5.74) is -1.97. The molecule has 2 N–H and O–H groups in total. The van der Waals surface area contributed by atoms with Gasteiger partial charge in [-0.25, -0.2) is 9.36 Å². The standard InChI is InChI=1S/C15H11F3N4O2/c16-15(17,18)10-3-8(2-1-7(10)5-19)22-13(23)12-11-4-9(6-20-11)21(12)14(22)24/h1-3,9,11,20,23H,4,6H2. The number of alkyl halides is 3. The number of nitrogens with one attached hydrogen (secondary N) is 1. The predicted molar refractivity (Wildman–Crippen MR) is 75.8 cm³/mol. The van der Waals surface area contributed by atoms with E-state index in [1.54, 1.807) is 0 Å². The number of rotatable bonds is 1. The number of nitrogens with zero attached hydrogens (tertiary/aromatic N) is 3. The van der Waals surface area contributed by atoms with Gasteiger partial charge in [-0.05, 0) is 24.6 Å². The SMILES string of the molecule is N#Cc1ccc(-n2c(O)c3n(c2=O)C2CNC3C2)cc1C(F)(F)F. The Kier molecular flexibility index (Phi) is 2.87. The Morgan fingerprint density at radius 2 is 2.12 bits per heavy atom. The lowest BCUT2D eigenvalue weighted by molar-refractivity contribution is -0.137. The molecule has 1 aromatic heterocycles. The molecule has 0 saturated carbocycles. The van der Waals surface area contributed by atoms with Crippen molar-refractivity contribution in [2.75, 3.05) is 6.54 Å². The number of nitriles is 1. The third kappa shape index (κ3) is 1.83. The van der Waals surface area contributed by atoms with Gasteiger partial charge in [-0.1, -0.05) is 0 Å². The molecule has 1 saturated heterocycles. The van der Waals surface area contributed by atoms with Crippen LogP contribution in [0, 0.1) is 11.3 Å². The highest BCUT2D eigenvalue weighted by atomic mass is 19.4. The van der Waals surface area contributed by atoms with Crippen LogP contribution in [0.4, 0.5) is 13.2 Å². The highest BCUT2D eigenvalue weighted by molar-refractivity contribution is 5.50. The molecule has 2 aliphatic heterocycles. The zero-order chi connectivity index (χ0) is 17.2. The minimum atomic E-state index is -4.73. The first kappa shape index (κ1) is 14.8. The summed E-state index contributed by atoms with van der Waals surface area (Å²) in [5, 5.41) is 22.4. The van der Waals surface area contributed by atoms with Crippen LogP contribution in [-0.2, 0) is 6.18 Å². The van der Waals surface area contributed by atoms with Crippen molar-refractivity contribution in [3.63, 3.8) is 0 Å². The molecule has 2 aliphatic rings. The van der Waals surface area contributed by atoms with Crippen molar-refractivity contribution in [1.29, 1.82) is 5.26 Å². The first-order valence-electron chi connectivity index (χ1n) is 7.24. The van der Waals surface area contributed by atoms with Crippen molar-refractivity contribution in [3.8, 4) is 17.6 Å². The Labute approximate surface area is 133 Å². The normalized spacial score (nSPS) is 21.8. The fourth-order valence-corrected chi connectivity index (χ4v) is 3.56. The van der Waals surface area contributed by atoms with Gasteiger partial charge in [0.25, 0.3) is 0 Å². The minimum absolute atomic E-state index is 0.106. The Bertz CT molecular complexity index is 951. The Hall–Kier alpha value is -2.73. The highest BCUT2D eigenvalue weighted by Crippen LogP contribution is 2.43. The maximum absolute atomic E-state index is 13.1. The van der Waals surface area contributed by atoms with Gasteiger partial charge >= 0.3 is 11.9 Å². The molecule has 0 amide bonds. The molecule has 6 nitrogen and oxygen atoms in total. The van der Waals surface area contributed by atoms with E-state index in [1.807, 2.05) is 0 Å². The summed E-state index contributed by atoms with van der Waals surface area (Å²) >= 11 is 0. The molecule has 2 atom stereocenters. The summed E-state index contributed by atoms with van der Waals surface area (Å²) in [4.78, 5) is 12.6. The van der Waals surface area contributed by atoms with Crippen molar-refractivity contribution in [2.45, 2.75) is 24.7 Å². The summed E-state index contributed by atoms with van der Waals surface area (Å²) in [6.45, 7) is 0.586. The second-order valence-corrected chi connectivity index (χ2v) is 5.89. The third-order valence-corrected chi connectivity index (χ3v) is 4.59. The second-order valence-electron chi connectivity index (χ2n) is 5.89. The van der Waals surface area contributed by atoms with Crippen LogP contribution in [0.5, 0.6) is 5.88 Å². The molecule has 3 heterocycles. The number of fused-ring (bicyclic) bond motifs is 5. The van der Waals surface area contributed by atoms with E-state index in [4.69, 9.17) is 5.26 Å². The summed E-state index contributed by atoms with van der Waals surface area (Å²) in [7, 11) is 0. The fourth-order valence-electron chi connectivity index (χ4n) is 3.56. The molecule has 2 bridgehead atoms. The van der Waals surface area contributed by atoms with Crippen LogP contribution < -0.4 is 11.0 Å². The number of aromatic nitrogens is 2. The fraction of sp³-hybridized carbons (Fsp3) is 0.333. The zero-order valence-corrected chi connectivity index (χ0v) is 12.1. The summed E-state index contributed by atoms with van der Waals surface area (Å²) in [5.74, 6) is -0.363. The van der Waals surface area contributed by atoms with Crippen LogP contribution in [0.3, 0.4) is 0 Å². The number of imidazole rings is 1. The van der Waals surface area contributed by atoms with E-state index in [2.05, 4.69) is 5.32 Å². The van der Waals surface area contributed by atoms with Crippen LogP contribution in [0.1, 0.15) is 35.3 Å². The summed E-state index contributed by atoms with van der Waals surface area (Å²) in [6, 6.07) is 4.14. The number of hydrogen-bond acceptors (Lipinski definition) is 4. The first-order chi connectivity index (χ1) is 11.3. The smallest absolute Gasteiger partial charge is 0.417 e. The van der Waals surface area contributed by atoms with Crippen LogP contribution in [-0.4, -0.2) is 20.8 Å². The van der Waals surface area contributed by atoms with Crippen molar-refractivity contribution in [1.82, 2.24) is 14.5 Å². The van der Waals surface area contributed by atoms with Gasteiger partial charge in [0.1, 0.15) is 5.69 Å². The predicted octanol–water partition coefficient (Wildman–Crippen LogP) is 1.82. The molecular weight excluding hydrogens is 325 g/mol. The molecule has 1 fully saturated rings. The lowest BCUT2D eigenvalue weighted by atomic mass is 10.1. The molecule has 2 aromatic rings. The molecule has 124 valence electrons. The van der Waals surface area contributed by atoms with E-state index < -0.39 is 23.0 Å². The van der Waals surface area contributed by atoms with Crippen molar-refractivity contribution >= 4 is 0 Å². The Morgan fingerprint density at radius 1 is 1.38 bits per heavy atom. The van der Waals surface area contributed by atoms with Gasteiger partial charge < -0.3 is 10.4 Å². The molecule has 1 aromatic carbocycles. The zero-order valence-electron chi connectivity index (χ0n) is 12.1. The highest BCUT2D eigenvalue weighted by Gasteiger charge is 2.43. The van der Waals surface area contributed by atoms with Crippen LogP contribution >= 0.6 is 0 Å². The van der Waals surface area contributed by atoms with Gasteiger partial charge in [-0.2, -0.15) is 18.4 Å². The summed E-state index contributed by atoms with van der Waals surface area (Å²) < 4.78 is 41.6. The minimum Gasteiger partial charge on any atom is -0.493 e. The first-order valence-corrected chi connectivity index (χ1v) is 7.24.